The molecule has 1 aromatic heterocycles. The topological polar surface area (TPSA) is 62.7 Å². The number of rotatable bonds is 4. The van der Waals surface area contributed by atoms with Gasteiger partial charge < -0.3 is 15.1 Å². The van der Waals surface area contributed by atoms with Crippen LogP contribution in [0.25, 0.3) is 0 Å². The van der Waals surface area contributed by atoms with E-state index in [-0.39, 0.29) is 11.4 Å². The summed E-state index contributed by atoms with van der Waals surface area (Å²) >= 11 is 0. The normalized spacial score (nSPS) is 22.6. The SMILES string of the molecule is NC1(CC(=O)N2CCN(Cc3ccco3)CC2)CCCC1. The summed E-state index contributed by atoms with van der Waals surface area (Å²) < 4.78 is 5.37. The van der Waals surface area contributed by atoms with Gasteiger partial charge >= 0.3 is 0 Å². The van der Waals surface area contributed by atoms with Crippen LogP contribution < -0.4 is 5.73 Å². The van der Waals surface area contributed by atoms with Crippen LogP contribution in [0, 0.1) is 0 Å². The van der Waals surface area contributed by atoms with Gasteiger partial charge in [-0.15, -0.1) is 0 Å². The van der Waals surface area contributed by atoms with Crippen molar-refractivity contribution in [1.29, 1.82) is 0 Å². The van der Waals surface area contributed by atoms with E-state index in [1.165, 1.54) is 12.8 Å². The maximum Gasteiger partial charge on any atom is 0.224 e. The van der Waals surface area contributed by atoms with Gasteiger partial charge in [0.1, 0.15) is 5.76 Å². The summed E-state index contributed by atoms with van der Waals surface area (Å²) in [5.74, 6) is 1.22. The minimum absolute atomic E-state index is 0.233. The average Bonchev–Trinajstić information content (AvgIpc) is 3.11. The molecule has 2 fully saturated rings. The summed E-state index contributed by atoms with van der Waals surface area (Å²) in [5.41, 5.74) is 6.08. The first-order valence-corrected chi connectivity index (χ1v) is 7.96. The van der Waals surface area contributed by atoms with E-state index in [4.69, 9.17) is 10.2 Å². The van der Waals surface area contributed by atoms with Crippen LogP contribution in [-0.2, 0) is 11.3 Å². The van der Waals surface area contributed by atoms with Crippen LogP contribution in [-0.4, -0.2) is 47.4 Å². The Morgan fingerprint density at radius 1 is 1.24 bits per heavy atom. The number of carbonyl (C=O) groups excluding carboxylic acids is 1. The number of nitrogens with two attached hydrogens (primary N) is 1. The first-order chi connectivity index (χ1) is 10.1. The largest absolute Gasteiger partial charge is 0.468 e. The third-order valence-electron chi connectivity index (χ3n) is 4.79. The van der Waals surface area contributed by atoms with Gasteiger partial charge in [-0.1, -0.05) is 12.8 Å². The zero-order chi connectivity index (χ0) is 14.7. The lowest BCUT2D eigenvalue weighted by atomic mass is 9.94. The van der Waals surface area contributed by atoms with Crippen LogP contribution in [0.1, 0.15) is 37.9 Å². The molecule has 2 heterocycles. The second-order valence-corrected chi connectivity index (χ2v) is 6.48. The lowest BCUT2D eigenvalue weighted by Crippen LogP contribution is -2.51. The summed E-state index contributed by atoms with van der Waals surface area (Å²) in [6, 6.07) is 3.91. The molecule has 2 aliphatic rings. The Kier molecular flexibility index (Phi) is 4.31. The summed E-state index contributed by atoms with van der Waals surface area (Å²) in [6.07, 6.45) is 6.55. The zero-order valence-corrected chi connectivity index (χ0v) is 12.6. The van der Waals surface area contributed by atoms with Crippen LogP contribution in [0.5, 0.6) is 0 Å². The fraction of sp³-hybridized carbons (Fsp3) is 0.688. The van der Waals surface area contributed by atoms with Crippen molar-refractivity contribution in [2.24, 2.45) is 5.73 Å². The molecule has 2 N–H and O–H groups in total. The van der Waals surface area contributed by atoms with Crippen molar-refractivity contribution in [3.63, 3.8) is 0 Å². The highest BCUT2D eigenvalue weighted by Gasteiger charge is 2.34. The Morgan fingerprint density at radius 2 is 1.95 bits per heavy atom. The molecule has 1 aliphatic carbocycles. The van der Waals surface area contributed by atoms with Crippen LogP contribution >= 0.6 is 0 Å². The second-order valence-electron chi connectivity index (χ2n) is 6.48. The van der Waals surface area contributed by atoms with E-state index in [0.29, 0.717) is 6.42 Å². The van der Waals surface area contributed by atoms with E-state index >= 15 is 0 Å². The van der Waals surface area contributed by atoms with Crippen LogP contribution in [0.2, 0.25) is 0 Å². The maximum absolute atomic E-state index is 12.4. The van der Waals surface area contributed by atoms with Crippen molar-refractivity contribution < 1.29 is 9.21 Å². The molecule has 21 heavy (non-hydrogen) atoms. The number of piperazine rings is 1. The number of hydrogen-bond donors (Lipinski definition) is 1. The summed E-state index contributed by atoms with van der Waals surface area (Å²) in [4.78, 5) is 16.7. The zero-order valence-electron chi connectivity index (χ0n) is 12.6. The van der Waals surface area contributed by atoms with Gasteiger partial charge in [-0.05, 0) is 25.0 Å². The highest BCUT2D eigenvalue weighted by atomic mass is 16.3. The fourth-order valence-electron chi connectivity index (χ4n) is 3.45. The molecular formula is C16H25N3O2. The molecular weight excluding hydrogens is 266 g/mol. The molecule has 0 bridgehead atoms. The van der Waals surface area contributed by atoms with Gasteiger partial charge in [0.05, 0.1) is 12.8 Å². The Hall–Kier alpha value is -1.33. The first-order valence-electron chi connectivity index (χ1n) is 7.96. The fourth-order valence-corrected chi connectivity index (χ4v) is 3.45. The number of amides is 1. The third-order valence-corrected chi connectivity index (χ3v) is 4.79. The molecule has 1 saturated heterocycles. The summed E-state index contributed by atoms with van der Waals surface area (Å²) in [6.45, 7) is 4.25. The quantitative estimate of drug-likeness (QED) is 0.915. The van der Waals surface area contributed by atoms with Crippen molar-refractivity contribution in [2.75, 3.05) is 26.2 Å². The van der Waals surface area contributed by atoms with E-state index in [0.717, 1.165) is 51.3 Å². The third kappa shape index (κ3) is 3.66. The second kappa shape index (κ2) is 6.20. The predicted octanol–water partition coefficient (Wildman–Crippen LogP) is 1.59. The van der Waals surface area contributed by atoms with Gasteiger partial charge in [-0.3, -0.25) is 9.69 Å². The number of carbonyl (C=O) groups is 1. The maximum atomic E-state index is 12.4. The molecule has 5 nitrogen and oxygen atoms in total. The Morgan fingerprint density at radius 3 is 2.57 bits per heavy atom. The molecule has 1 saturated carbocycles. The average molecular weight is 291 g/mol. The minimum atomic E-state index is -0.234. The van der Waals surface area contributed by atoms with Crippen molar-refractivity contribution in [3.8, 4) is 0 Å². The monoisotopic (exact) mass is 291 g/mol. The predicted molar refractivity (Wildman–Crippen MR) is 80.6 cm³/mol. The summed E-state index contributed by atoms with van der Waals surface area (Å²) in [7, 11) is 0. The molecule has 0 radical (unpaired) electrons. The van der Waals surface area contributed by atoms with Crippen LogP contribution in [0.3, 0.4) is 0 Å². The molecule has 3 rings (SSSR count). The van der Waals surface area contributed by atoms with Gasteiger partial charge in [0, 0.05) is 38.1 Å². The summed E-state index contributed by atoms with van der Waals surface area (Å²) in [5, 5.41) is 0. The molecule has 1 amide bonds. The number of furan rings is 1. The van der Waals surface area contributed by atoms with Crippen molar-refractivity contribution >= 4 is 5.91 Å². The van der Waals surface area contributed by atoms with Gasteiger partial charge in [-0.2, -0.15) is 0 Å². The Bertz CT molecular complexity index is 458. The van der Waals surface area contributed by atoms with E-state index in [2.05, 4.69) is 4.90 Å². The van der Waals surface area contributed by atoms with Crippen LogP contribution in [0.15, 0.2) is 22.8 Å². The van der Waals surface area contributed by atoms with Crippen LogP contribution in [0.4, 0.5) is 0 Å². The van der Waals surface area contributed by atoms with E-state index in [1.807, 2.05) is 17.0 Å². The van der Waals surface area contributed by atoms with E-state index < -0.39 is 0 Å². The van der Waals surface area contributed by atoms with Crippen molar-refractivity contribution in [3.05, 3.63) is 24.2 Å². The van der Waals surface area contributed by atoms with E-state index in [9.17, 15) is 4.79 Å². The molecule has 0 unspecified atom stereocenters. The lowest BCUT2D eigenvalue weighted by molar-refractivity contribution is -0.134. The molecule has 0 atom stereocenters. The molecule has 1 aromatic rings. The first kappa shape index (κ1) is 14.6. The van der Waals surface area contributed by atoms with Crippen molar-refractivity contribution in [2.45, 2.75) is 44.2 Å². The minimum Gasteiger partial charge on any atom is -0.468 e. The molecule has 5 heteroatoms. The molecule has 1 aliphatic heterocycles. The van der Waals surface area contributed by atoms with Gasteiger partial charge in [0.15, 0.2) is 0 Å². The molecule has 0 spiro atoms. The smallest absolute Gasteiger partial charge is 0.224 e. The standard InChI is InChI=1S/C16H25N3O2/c17-16(5-1-2-6-16)12-15(20)19-9-7-18(8-10-19)13-14-4-3-11-21-14/h3-4,11H,1-2,5-10,12-13,17H2. The van der Waals surface area contributed by atoms with Gasteiger partial charge in [0.25, 0.3) is 0 Å². The number of hydrogen-bond acceptors (Lipinski definition) is 4. The Labute approximate surface area is 126 Å². The highest BCUT2D eigenvalue weighted by molar-refractivity contribution is 5.77. The lowest BCUT2D eigenvalue weighted by Gasteiger charge is -2.36. The molecule has 0 aromatic carbocycles. The molecule has 116 valence electrons. The van der Waals surface area contributed by atoms with Crippen molar-refractivity contribution in [1.82, 2.24) is 9.80 Å². The number of nitrogens with zero attached hydrogens (tertiary/aromatic N) is 2. The van der Waals surface area contributed by atoms with Gasteiger partial charge in [0.2, 0.25) is 5.91 Å². The highest BCUT2D eigenvalue weighted by Crippen LogP contribution is 2.30. The van der Waals surface area contributed by atoms with Gasteiger partial charge in [-0.25, -0.2) is 0 Å². The van der Waals surface area contributed by atoms with E-state index in [1.54, 1.807) is 6.26 Å². The Balaban J connectivity index is 1.45.